The van der Waals surface area contributed by atoms with Gasteiger partial charge in [-0.2, -0.15) is 0 Å². The smallest absolute Gasteiger partial charge is 0.111 e. The highest BCUT2D eigenvalue weighted by atomic mass is 79.9. The Balaban J connectivity index is 2.05. The molecular formula is C11H12BrN3. The van der Waals surface area contributed by atoms with E-state index in [0.717, 1.165) is 34.4 Å². The van der Waals surface area contributed by atoms with Crippen LogP contribution in [0.25, 0.3) is 11.0 Å². The molecule has 15 heavy (non-hydrogen) atoms. The first-order valence-electron chi connectivity index (χ1n) is 5.19. The molecule has 3 rings (SSSR count). The van der Waals surface area contributed by atoms with Crippen LogP contribution in [-0.4, -0.2) is 23.1 Å². The van der Waals surface area contributed by atoms with Crippen LogP contribution in [0.3, 0.4) is 0 Å². The van der Waals surface area contributed by atoms with Crippen LogP contribution in [0, 0.1) is 0 Å². The highest BCUT2D eigenvalue weighted by Gasteiger charge is 2.19. The summed E-state index contributed by atoms with van der Waals surface area (Å²) in [6.45, 7) is 2.15. The molecule has 1 saturated heterocycles. The number of benzene rings is 1. The molecule has 1 fully saturated rings. The van der Waals surface area contributed by atoms with Crippen molar-refractivity contribution in [1.29, 1.82) is 0 Å². The number of fused-ring (bicyclic) bond motifs is 1. The third-order valence-corrected chi connectivity index (χ3v) is 3.40. The number of nitrogens with one attached hydrogen (secondary N) is 2. The van der Waals surface area contributed by atoms with Crippen LogP contribution in [0.1, 0.15) is 18.2 Å². The third-order valence-electron chi connectivity index (χ3n) is 2.91. The summed E-state index contributed by atoms with van der Waals surface area (Å²) in [5.41, 5.74) is 2.17. The van der Waals surface area contributed by atoms with Gasteiger partial charge < -0.3 is 10.3 Å². The van der Waals surface area contributed by atoms with Crippen LogP contribution in [0.5, 0.6) is 0 Å². The first-order chi connectivity index (χ1) is 7.33. The van der Waals surface area contributed by atoms with Crippen molar-refractivity contribution in [3.05, 3.63) is 28.5 Å². The highest BCUT2D eigenvalue weighted by molar-refractivity contribution is 9.10. The predicted octanol–water partition coefficient (Wildman–Crippen LogP) is 2.40. The van der Waals surface area contributed by atoms with Crippen molar-refractivity contribution >= 4 is 27.0 Å². The quantitative estimate of drug-likeness (QED) is 0.832. The van der Waals surface area contributed by atoms with E-state index < -0.39 is 0 Å². The van der Waals surface area contributed by atoms with Crippen molar-refractivity contribution in [1.82, 2.24) is 15.3 Å². The molecule has 2 aromatic rings. The second-order valence-electron chi connectivity index (χ2n) is 3.97. The largest absolute Gasteiger partial charge is 0.342 e. The molecule has 0 saturated carbocycles. The standard InChI is InChI=1S/C11H12BrN3/c12-8-1-2-9-10(5-8)15-11(14-9)7-3-4-13-6-7/h1-2,5,7,13H,3-4,6H2,(H,14,15). The van der Waals surface area contributed by atoms with Gasteiger partial charge >= 0.3 is 0 Å². The van der Waals surface area contributed by atoms with Crippen LogP contribution < -0.4 is 5.32 Å². The molecule has 0 aliphatic carbocycles. The lowest BCUT2D eigenvalue weighted by atomic mass is 10.1. The van der Waals surface area contributed by atoms with Crippen molar-refractivity contribution in [2.45, 2.75) is 12.3 Å². The number of halogens is 1. The number of hydrogen-bond donors (Lipinski definition) is 2. The van der Waals surface area contributed by atoms with E-state index in [9.17, 15) is 0 Å². The van der Waals surface area contributed by atoms with Crippen molar-refractivity contribution in [3.63, 3.8) is 0 Å². The zero-order valence-corrected chi connectivity index (χ0v) is 9.84. The number of hydrogen-bond acceptors (Lipinski definition) is 2. The van der Waals surface area contributed by atoms with Crippen molar-refractivity contribution in [2.75, 3.05) is 13.1 Å². The Morgan fingerprint density at radius 2 is 2.33 bits per heavy atom. The fourth-order valence-electron chi connectivity index (χ4n) is 2.08. The Labute approximate surface area is 96.4 Å². The van der Waals surface area contributed by atoms with E-state index in [1.54, 1.807) is 0 Å². The van der Waals surface area contributed by atoms with E-state index in [-0.39, 0.29) is 0 Å². The number of aromatic nitrogens is 2. The van der Waals surface area contributed by atoms with Crippen molar-refractivity contribution in [2.24, 2.45) is 0 Å². The van der Waals surface area contributed by atoms with E-state index in [1.165, 1.54) is 6.42 Å². The molecule has 1 aliphatic heterocycles. The SMILES string of the molecule is Brc1ccc2nc(C3CCNC3)[nH]c2c1. The van der Waals surface area contributed by atoms with Crippen molar-refractivity contribution in [3.8, 4) is 0 Å². The summed E-state index contributed by atoms with van der Waals surface area (Å²) in [5.74, 6) is 1.67. The fraction of sp³-hybridized carbons (Fsp3) is 0.364. The Hall–Kier alpha value is -0.870. The first kappa shape index (κ1) is 9.36. The zero-order valence-electron chi connectivity index (χ0n) is 8.26. The number of aromatic amines is 1. The van der Waals surface area contributed by atoms with Crippen LogP contribution in [0.2, 0.25) is 0 Å². The van der Waals surface area contributed by atoms with E-state index in [4.69, 9.17) is 0 Å². The van der Waals surface area contributed by atoms with Gasteiger partial charge in [-0.25, -0.2) is 4.98 Å². The Kier molecular flexibility index (Phi) is 2.25. The minimum absolute atomic E-state index is 0.552. The summed E-state index contributed by atoms with van der Waals surface area (Å²) in [6, 6.07) is 6.15. The Morgan fingerprint density at radius 3 is 3.13 bits per heavy atom. The highest BCUT2D eigenvalue weighted by Crippen LogP contribution is 2.24. The minimum Gasteiger partial charge on any atom is -0.342 e. The molecule has 0 radical (unpaired) electrons. The summed E-state index contributed by atoms with van der Waals surface area (Å²) in [6.07, 6.45) is 1.18. The predicted molar refractivity (Wildman–Crippen MR) is 64.0 cm³/mol. The van der Waals surface area contributed by atoms with Crippen LogP contribution in [-0.2, 0) is 0 Å². The second kappa shape index (κ2) is 3.61. The molecular weight excluding hydrogens is 254 g/mol. The number of imidazole rings is 1. The molecule has 1 atom stereocenters. The van der Waals surface area contributed by atoms with Gasteiger partial charge in [-0.15, -0.1) is 0 Å². The first-order valence-corrected chi connectivity index (χ1v) is 5.98. The van der Waals surface area contributed by atoms with Gasteiger partial charge in [0.1, 0.15) is 5.82 Å². The summed E-state index contributed by atoms with van der Waals surface area (Å²) in [4.78, 5) is 8.02. The molecule has 1 unspecified atom stereocenters. The van der Waals surface area contributed by atoms with E-state index in [0.29, 0.717) is 5.92 Å². The van der Waals surface area contributed by atoms with Gasteiger partial charge in [0.2, 0.25) is 0 Å². The van der Waals surface area contributed by atoms with Crippen molar-refractivity contribution < 1.29 is 0 Å². The van der Waals surface area contributed by atoms with Gasteiger partial charge in [-0.1, -0.05) is 15.9 Å². The van der Waals surface area contributed by atoms with Crippen LogP contribution in [0.4, 0.5) is 0 Å². The normalized spacial score (nSPS) is 21.3. The summed E-state index contributed by atoms with van der Waals surface area (Å²) in [5, 5.41) is 3.36. The number of H-pyrrole nitrogens is 1. The minimum atomic E-state index is 0.552. The van der Waals surface area contributed by atoms with E-state index in [2.05, 4.69) is 37.3 Å². The molecule has 2 N–H and O–H groups in total. The molecule has 1 aromatic carbocycles. The van der Waals surface area contributed by atoms with Crippen LogP contribution >= 0.6 is 15.9 Å². The molecule has 0 amide bonds. The lowest BCUT2D eigenvalue weighted by Gasteiger charge is -2.01. The Morgan fingerprint density at radius 1 is 1.40 bits per heavy atom. The monoisotopic (exact) mass is 265 g/mol. The van der Waals surface area contributed by atoms with Gasteiger partial charge in [0.15, 0.2) is 0 Å². The van der Waals surface area contributed by atoms with E-state index >= 15 is 0 Å². The third kappa shape index (κ3) is 1.68. The summed E-state index contributed by atoms with van der Waals surface area (Å²) < 4.78 is 1.09. The summed E-state index contributed by atoms with van der Waals surface area (Å²) >= 11 is 3.47. The average molecular weight is 266 g/mol. The van der Waals surface area contributed by atoms with Gasteiger partial charge in [0, 0.05) is 16.9 Å². The van der Waals surface area contributed by atoms with Crippen LogP contribution in [0.15, 0.2) is 22.7 Å². The molecule has 1 aromatic heterocycles. The topological polar surface area (TPSA) is 40.7 Å². The maximum Gasteiger partial charge on any atom is 0.111 e. The zero-order chi connectivity index (χ0) is 10.3. The molecule has 3 nitrogen and oxygen atoms in total. The fourth-order valence-corrected chi connectivity index (χ4v) is 2.44. The van der Waals surface area contributed by atoms with Gasteiger partial charge in [-0.3, -0.25) is 0 Å². The maximum atomic E-state index is 4.62. The lowest BCUT2D eigenvalue weighted by Crippen LogP contribution is -2.08. The second-order valence-corrected chi connectivity index (χ2v) is 4.89. The maximum absolute atomic E-state index is 4.62. The molecule has 1 aliphatic rings. The molecule has 0 bridgehead atoms. The molecule has 78 valence electrons. The van der Waals surface area contributed by atoms with Gasteiger partial charge in [0.25, 0.3) is 0 Å². The Bertz CT molecular complexity index is 486. The van der Waals surface area contributed by atoms with Gasteiger partial charge in [0.05, 0.1) is 11.0 Å². The molecule has 2 heterocycles. The van der Waals surface area contributed by atoms with Gasteiger partial charge in [-0.05, 0) is 31.2 Å². The average Bonchev–Trinajstić information content (AvgIpc) is 2.84. The number of rotatable bonds is 1. The van der Waals surface area contributed by atoms with E-state index in [1.807, 2.05) is 12.1 Å². The molecule has 4 heteroatoms. The summed E-state index contributed by atoms with van der Waals surface area (Å²) in [7, 11) is 0. The number of nitrogens with zero attached hydrogens (tertiary/aromatic N) is 1. The molecule has 0 spiro atoms. The lowest BCUT2D eigenvalue weighted by molar-refractivity contribution is 0.717.